The Morgan fingerprint density at radius 2 is 2.43 bits per heavy atom. The molecule has 76 valence electrons. The number of furan rings is 1. The number of rotatable bonds is 1. The first-order valence-corrected chi connectivity index (χ1v) is 4.71. The summed E-state index contributed by atoms with van der Waals surface area (Å²) in [6.45, 7) is 0.796. The van der Waals surface area contributed by atoms with Crippen LogP contribution in [0, 0.1) is 0 Å². The highest BCUT2D eigenvalue weighted by atomic mass is 16.3. The van der Waals surface area contributed by atoms with Crippen molar-refractivity contribution in [2.24, 2.45) is 0 Å². The fourth-order valence-electron chi connectivity index (χ4n) is 1.73. The zero-order valence-corrected chi connectivity index (χ0v) is 8.41. The molecule has 14 heavy (non-hydrogen) atoms. The molecule has 0 fully saturated rings. The predicted molar refractivity (Wildman–Crippen MR) is 51.8 cm³/mol. The largest absolute Gasteiger partial charge is 0.469 e. The van der Waals surface area contributed by atoms with Crippen molar-refractivity contribution >= 4 is 5.91 Å². The van der Waals surface area contributed by atoms with Crippen LogP contribution >= 0.6 is 0 Å². The first kappa shape index (κ1) is 9.27. The SMILES string of the molecule is CN(C)C(=O)C1NCCc2occc21. The van der Waals surface area contributed by atoms with Crippen molar-refractivity contribution in [1.29, 1.82) is 0 Å². The van der Waals surface area contributed by atoms with E-state index in [4.69, 9.17) is 4.42 Å². The van der Waals surface area contributed by atoms with Crippen LogP contribution < -0.4 is 5.32 Å². The number of likely N-dealkylation sites (N-methyl/N-ethyl adjacent to an activating group) is 1. The van der Waals surface area contributed by atoms with Crippen molar-refractivity contribution in [2.45, 2.75) is 12.5 Å². The average Bonchev–Trinajstić information content (AvgIpc) is 2.63. The smallest absolute Gasteiger partial charge is 0.243 e. The second-order valence-corrected chi connectivity index (χ2v) is 3.67. The van der Waals surface area contributed by atoms with Crippen LogP contribution in [0.4, 0.5) is 0 Å². The van der Waals surface area contributed by atoms with Gasteiger partial charge in [0.2, 0.25) is 5.91 Å². The Balaban J connectivity index is 2.28. The van der Waals surface area contributed by atoms with Crippen LogP contribution in [0.3, 0.4) is 0 Å². The summed E-state index contributed by atoms with van der Waals surface area (Å²) in [5, 5.41) is 3.19. The van der Waals surface area contributed by atoms with Gasteiger partial charge in [-0.05, 0) is 6.07 Å². The molecule has 0 saturated carbocycles. The number of fused-ring (bicyclic) bond motifs is 1. The third-order valence-corrected chi connectivity index (χ3v) is 2.48. The van der Waals surface area contributed by atoms with E-state index in [2.05, 4.69) is 5.32 Å². The summed E-state index contributed by atoms with van der Waals surface area (Å²) < 4.78 is 5.31. The van der Waals surface area contributed by atoms with Gasteiger partial charge in [-0.3, -0.25) is 4.79 Å². The first-order valence-electron chi connectivity index (χ1n) is 4.71. The van der Waals surface area contributed by atoms with Crippen LogP contribution in [0.1, 0.15) is 17.4 Å². The molecule has 1 amide bonds. The highest BCUT2D eigenvalue weighted by molar-refractivity contribution is 5.83. The number of carbonyl (C=O) groups excluding carboxylic acids is 1. The van der Waals surface area contributed by atoms with E-state index in [1.54, 1.807) is 25.3 Å². The fraction of sp³-hybridized carbons (Fsp3) is 0.500. The molecule has 0 aliphatic carbocycles. The molecular weight excluding hydrogens is 180 g/mol. The average molecular weight is 194 g/mol. The molecule has 1 aromatic heterocycles. The van der Waals surface area contributed by atoms with Crippen molar-refractivity contribution in [2.75, 3.05) is 20.6 Å². The molecule has 0 radical (unpaired) electrons. The monoisotopic (exact) mass is 194 g/mol. The normalized spacial score (nSPS) is 20.3. The summed E-state index contributed by atoms with van der Waals surface area (Å²) in [7, 11) is 3.52. The minimum Gasteiger partial charge on any atom is -0.469 e. The predicted octanol–water partition coefficient (Wildman–Crippen LogP) is 0.555. The number of nitrogens with zero attached hydrogens (tertiary/aromatic N) is 1. The lowest BCUT2D eigenvalue weighted by molar-refractivity contribution is -0.131. The Bertz CT molecular complexity index is 344. The lowest BCUT2D eigenvalue weighted by Gasteiger charge is -2.24. The third-order valence-electron chi connectivity index (χ3n) is 2.48. The number of hydrogen-bond donors (Lipinski definition) is 1. The third kappa shape index (κ3) is 1.42. The number of amides is 1. The van der Waals surface area contributed by atoms with Gasteiger partial charge in [-0.2, -0.15) is 0 Å². The molecule has 2 rings (SSSR count). The zero-order valence-electron chi connectivity index (χ0n) is 8.41. The van der Waals surface area contributed by atoms with E-state index in [9.17, 15) is 4.79 Å². The van der Waals surface area contributed by atoms with Gasteiger partial charge in [0, 0.05) is 32.6 Å². The van der Waals surface area contributed by atoms with Gasteiger partial charge in [0.15, 0.2) is 0 Å². The maximum atomic E-state index is 11.8. The van der Waals surface area contributed by atoms with Crippen LogP contribution in [0.2, 0.25) is 0 Å². The van der Waals surface area contributed by atoms with Gasteiger partial charge in [0.05, 0.1) is 6.26 Å². The second-order valence-electron chi connectivity index (χ2n) is 3.67. The highest BCUT2D eigenvalue weighted by Crippen LogP contribution is 2.24. The highest BCUT2D eigenvalue weighted by Gasteiger charge is 2.28. The topological polar surface area (TPSA) is 45.5 Å². The van der Waals surface area contributed by atoms with Crippen molar-refractivity contribution in [3.8, 4) is 0 Å². The first-order chi connectivity index (χ1) is 6.70. The summed E-state index contributed by atoms with van der Waals surface area (Å²) in [6.07, 6.45) is 2.51. The molecule has 0 spiro atoms. The van der Waals surface area contributed by atoms with Gasteiger partial charge >= 0.3 is 0 Å². The molecule has 0 saturated heterocycles. The minimum atomic E-state index is -0.229. The Kier molecular flexibility index (Phi) is 2.29. The van der Waals surface area contributed by atoms with E-state index in [-0.39, 0.29) is 11.9 Å². The van der Waals surface area contributed by atoms with E-state index < -0.39 is 0 Å². The molecular formula is C10H14N2O2. The molecule has 1 N–H and O–H groups in total. The fourth-order valence-corrected chi connectivity index (χ4v) is 1.73. The Hall–Kier alpha value is -1.29. The molecule has 4 nitrogen and oxygen atoms in total. The van der Waals surface area contributed by atoms with Crippen LogP contribution in [0.5, 0.6) is 0 Å². The summed E-state index contributed by atoms with van der Waals surface area (Å²) in [5.41, 5.74) is 0.981. The van der Waals surface area contributed by atoms with Gasteiger partial charge < -0.3 is 14.6 Å². The van der Waals surface area contributed by atoms with E-state index >= 15 is 0 Å². The summed E-state index contributed by atoms with van der Waals surface area (Å²) >= 11 is 0. The van der Waals surface area contributed by atoms with Crippen molar-refractivity contribution in [3.63, 3.8) is 0 Å². The van der Waals surface area contributed by atoms with Gasteiger partial charge in [0.25, 0.3) is 0 Å². The van der Waals surface area contributed by atoms with Gasteiger partial charge in [0.1, 0.15) is 11.8 Å². The Labute approximate surface area is 82.9 Å². The van der Waals surface area contributed by atoms with Crippen LogP contribution in [-0.2, 0) is 11.2 Å². The molecule has 1 aromatic rings. The molecule has 1 aliphatic rings. The maximum absolute atomic E-state index is 11.8. The van der Waals surface area contributed by atoms with E-state index in [1.807, 2.05) is 6.07 Å². The van der Waals surface area contributed by atoms with E-state index in [1.165, 1.54) is 0 Å². The van der Waals surface area contributed by atoms with E-state index in [0.29, 0.717) is 0 Å². The molecule has 2 heterocycles. The van der Waals surface area contributed by atoms with Crippen molar-refractivity contribution in [1.82, 2.24) is 10.2 Å². The Morgan fingerprint density at radius 1 is 1.64 bits per heavy atom. The maximum Gasteiger partial charge on any atom is 0.243 e. The molecule has 0 bridgehead atoms. The molecule has 1 aliphatic heterocycles. The Morgan fingerprint density at radius 3 is 3.14 bits per heavy atom. The van der Waals surface area contributed by atoms with Crippen LogP contribution in [0.15, 0.2) is 16.7 Å². The summed E-state index contributed by atoms with van der Waals surface area (Å²) in [5.74, 6) is 1.01. The lowest BCUT2D eigenvalue weighted by Crippen LogP contribution is -2.40. The molecule has 0 aromatic carbocycles. The molecule has 1 unspecified atom stereocenters. The lowest BCUT2D eigenvalue weighted by atomic mass is 10.0. The molecule has 1 atom stereocenters. The number of nitrogens with one attached hydrogen (secondary N) is 1. The van der Waals surface area contributed by atoms with Gasteiger partial charge in [-0.25, -0.2) is 0 Å². The zero-order chi connectivity index (χ0) is 10.1. The summed E-state index contributed by atoms with van der Waals surface area (Å²) in [6, 6.07) is 1.64. The number of carbonyl (C=O) groups is 1. The van der Waals surface area contributed by atoms with E-state index in [0.717, 1.165) is 24.3 Å². The van der Waals surface area contributed by atoms with Gasteiger partial charge in [-0.1, -0.05) is 0 Å². The minimum absolute atomic E-state index is 0.0763. The molecule has 4 heteroatoms. The summed E-state index contributed by atoms with van der Waals surface area (Å²) in [4.78, 5) is 13.4. The number of hydrogen-bond acceptors (Lipinski definition) is 3. The quantitative estimate of drug-likeness (QED) is 0.710. The van der Waals surface area contributed by atoms with Gasteiger partial charge in [-0.15, -0.1) is 0 Å². The van der Waals surface area contributed by atoms with Crippen LogP contribution in [-0.4, -0.2) is 31.4 Å². The van der Waals surface area contributed by atoms with Crippen molar-refractivity contribution in [3.05, 3.63) is 23.7 Å². The van der Waals surface area contributed by atoms with Crippen molar-refractivity contribution < 1.29 is 9.21 Å². The van der Waals surface area contributed by atoms with Crippen LogP contribution in [0.25, 0.3) is 0 Å². The standard InChI is InChI=1S/C10H14N2O2/c1-12(2)10(13)9-7-4-6-14-8(7)3-5-11-9/h4,6,9,11H,3,5H2,1-2H3. The second kappa shape index (κ2) is 3.46.